The molecule has 1 atom stereocenters. The highest BCUT2D eigenvalue weighted by molar-refractivity contribution is 7.80. The van der Waals surface area contributed by atoms with Crippen LogP contribution in [0.4, 0.5) is 4.39 Å². The molecule has 0 fully saturated rings. The van der Waals surface area contributed by atoms with E-state index in [1.807, 2.05) is 5.38 Å². The Hall–Kier alpha value is -2.06. The zero-order chi connectivity index (χ0) is 20.4. The van der Waals surface area contributed by atoms with E-state index in [-0.39, 0.29) is 18.1 Å². The van der Waals surface area contributed by atoms with Gasteiger partial charge in [0.15, 0.2) is 5.11 Å². The molecule has 1 aromatic carbocycles. The van der Waals surface area contributed by atoms with Crippen molar-refractivity contribution in [3.8, 4) is 10.6 Å². The maximum atomic E-state index is 13.0. The van der Waals surface area contributed by atoms with Gasteiger partial charge in [0.1, 0.15) is 10.8 Å². The van der Waals surface area contributed by atoms with Gasteiger partial charge in [-0.1, -0.05) is 33.1 Å². The van der Waals surface area contributed by atoms with Crippen molar-refractivity contribution in [1.29, 1.82) is 0 Å². The van der Waals surface area contributed by atoms with Crippen LogP contribution in [0, 0.1) is 11.7 Å². The number of thiocarbonyl (C=S) groups is 1. The van der Waals surface area contributed by atoms with Gasteiger partial charge in [-0.3, -0.25) is 15.6 Å². The number of hydrogen-bond acceptors (Lipinski definition) is 4. The molecular formula is C20H27FN4OS2. The third-order valence-corrected chi connectivity index (χ3v) is 5.58. The summed E-state index contributed by atoms with van der Waals surface area (Å²) in [5.41, 5.74) is 6.82. The molecule has 0 saturated heterocycles. The fraction of sp³-hybridized carbons (Fsp3) is 0.450. The summed E-state index contributed by atoms with van der Waals surface area (Å²) in [6, 6.07) is 6.14. The molecule has 0 saturated carbocycles. The van der Waals surface area contributed by atoms with E-state index < -0.39 is 0 Å². The second kappa shape index (κ2) is 11.7. The lowest BCUT2D eigenvalue weighted by Gasteiger charge is -2.17. The predicted octanol–water partition coefficient (Wildman–Crippen LogP) is 4.20. The van der Waals surface area contributed by atoms with E-state index in [1.54, 1.807) is 12.1 Å². The molecule has 0 aliphatic heterocycles. The van der Waals surface area contributed by atoms with Crippen molar-refractivity contribution in [2.45, 2.75) is 46.0 Å². The number of nitrogens with zero attached hydrogens (tertiary/aromatic N) is 1. The standard InChI is InChI=1S/C20H27FN4OS2/c1-3-5-6-14(4-2)12-22-20(27)25-24-18(26)11-17-13-28-19(23-17)15-7-9-16(21)10-8-15/h7-10,13-14H,3-6,11-12H2,1-2H3,(H,24,26)(H2,22,25,27)/t14-/m0/s1. The summed E-state index contributed by atoms with van der Waals surface area (Å²) >= 11 is 6.64. The van der Waals surface area contributed by atoms with Crippen LogP contribution < -0.4 is 16.2 Å². The first-order valence-electron chi connectivity index (χ1n) is 9.54. The topological polar surface area (TPSA) is 66.0 Å². The lowest BCUT2D eigenvalue weighted by Crippen LogP contribution is -2.48. The van der Waals surface area contributed by atoms with Gasteiger partial charge in [0, 0.05) is 17.5 Å². The van der Waals surface area contributed by atoms with Crippen molar-refractivity contribution in [2.75, 3.05) is 6.54 Å². The molecule has 0 bridgehead atoms. The summed E-state index contributed by atoms with van der Waals surface area (Å²) in [5.74, 6) is 0.0691. The third kappa shape index (κ3) is 7.52. The van der Waals surface area contributed by atoms with E-state index in [0.29, 0.717) is 16.7 Å². The number of carbonyl (C=O) groups is 1. The smallest absolute Gasteiger partial charge is 0.244 e. The molecule has 0 aliphatic carbocycles. The van der Waals surface area contributed by atoms with Crippen LogP contribution in [0.2, 0.25) is 0 Å². The average molecular weight is 423 g/mol. The predicted molar refractivity (Wildman–Crippen MR) is 116 cm³/mol. The summed E-state index contributed by atoms with van der Waals surface area (Å²) in [7, 11) is 0. The molecule has 0 spiro atoms. The summed E-state index contributed by atoms with van der Waals surface area (Å²) in [4.78, 5) is 16.5. The Kier molecular flexibility index (Phi) is 9.30. The fourth-order valence-corrected chi connectivity index (χ4v) is 3.63. The summed E-state index contributed by atoms with van der Waals surface area (Å²) in [6.07, 6.45) is 4.82. The molecule has 1 aromatic heterocycles. The number of benzene rings is 1. The molecule has 0 aliphatic rings. The number of carbonyl (C=O) groups excluding carboxylic acids is 1. The monoisotopic (exact) mass is 422 g/mol. The molecule has 1 amide bonds. The first-order chi connectivity index (χ1) is 13.5. The van der Waals surface area contributed by atoms with Gasteiger partial charge in [-0.25, -0.2) is 9.37 Å². The number of hydrazine groups is 1. The van der Waals surface area contributed by atoms with E-state index in [9.17, 15) is 9.18 Å². The number of hydrogen-bond donors (Lipinski definition) is 3. The Morgan fingerprint density at radius 1 is 1.25 bits per heavy atom. The van der Waals surface area contributed by atoms with Crippen molar-refractivity contribution in [2.24, 2.45) is 5.92 Å². The quantitative estimate of drug-likeness (QED) is 0.417. The van der Waals surface area contributed by atoms with Crippen LogP contribution in [0.3, 0.4) is 0 Å². The van der Waals surface area contributed by atoms with Crippen LogP contribution in [-0.4, -0.2) is 22.5 Å². The maximum Gasteiger partial charge on any atom is 0.244 e. The zero-order valence-electron chi connectivity index (χ0n) is 16.3. The van der Waals surface area contributed by atoms with Gasteiger partial charge in [0.2, 0.25) is 5.91 Å². The van der Waals surface area contributed by atoms with E-state index >= 15 is 0 Å². The average Bonchev–Trinajstić information content (AvgIpc) is 3.15. The van der Waals surface area contributed by atoms with Gasteiger partial charge in [0.25, 0.3) is 0 Å². The van der Waals surface area contributed by atoms with E-state index in [2.05, 4.69) is 35.0 Å². The largest absolute Gasteiger partial charge is 0.361 e. The van der Waals surface area contributed by atoms with Crippen molar-refractivity contribution in [1.82, 2.24) is 21.2 Å². The number of amides is 1. The molecule has 1 heterocycles. The van der Waals surface area contributed by atoms with E-state index in [1.165, 1.54) is 42.7 Å². The van der Waals surface area contributed by atoms with Crippen molar-refractivity contribution in [3.63, 3.8) is 0 Å². The number of aromatic nitrogens is 1. The van der Waals surface area contributed by atoms with Gasteiger partial charge in [-0.2, -0.15) is 0 Å². The molecule has 5 nitrogen and oxygen atoms in total. The summed E-state index contributed by atoms with van der Waals surface area (Å²) in [5, 5.41) is 6.15. The molecule has 0 radical (unpaired) electrons. The lowest BCUT2D eigenvalue weighted by atomic mass is 9.99. The van der Waals surface area contributed by atoms with Gasteiger partial charge in [-0.05, 0) is 48.8 Å². The highest BCUT2D eigenvalue weighted by atomic mass is 32.1. The molecular weight excluding hydrogens is 395 g/mol. The molecule has 8 heteroatoms. The summed E-state index contributed by atoms with van der Waals surface area (Å²) in [6.45, 7) is 5.16. The van der Waals surface area contributed by atoms with Gasteiger partial charge < -0.3 is 5.32 Å². The molecule has 2 rings (SSSR count). The number of thiazole rings is 1. The second-order valence-electron chi connectivity index (χ2n) is 6.63. The van der Waals surface area contributed by atoms with Crippen molar-refractivity contribution >= 4 is 34.6 Å². The molecule has 152 valence electrons. The highest BCUT2D eigenvalue weighted by Gasteiger charge is 2.10. The third-order valence-electron chi connectivity index (χ3n) is 4.39. The fourth-order valence-electron chi connectivity index (χ4n) is 2.67. The number of rotatable bonds is 9. The van der Waals surface area contributed by atoms with Crippen molar-refractivity contribution in [3.05, 3.63) is 41.2 Å². The lowest BCUT2D eigenvalue weighted by molar-refractivity contribution is -0.121. The minimum Gasteiger partial charge on any atom is -0.361 e. The number of unbranched alkanes of at least 4 members (excludes halogenated alkanes) is 1. The van der Waals surface area contributed by atoms with Crippen LogP contribution in [0.25, 0.3) is 10.6 Å². The Bertz CT molecular complexity index is 764. The van der Waals surface area contributed by atoms with Crippen LogP contribution in [0.1, 0.15) is 45.2 Å². The number of halogens is 1. The van der Waals surface area contributed by atoms with Crippen LogP contribution in [0.5, 0.6) is 0 Å². The zero-order valence-corrected chi connectivity index (χ0v) is 17.9. The van der Waals surface area contributed by atoms with Crippen LogP contribution >= 0.6 is 23.6 Å². The van der Waals surface area contributed by atoms with E-state index in [4.69, 9.17) is 12.2 Å². The van der Waals surface area contributed by atoms with E-state index in [0.717, 1.165) is 23.5 Å². The van der Waals surface area contributed by atoms with Crippen molar-refractivity contribution < 1.29 is 9.18 Å². The first kappa shape index (κ1) is 22.2. The number of nitrogens with one attached hydrogen (secondary N) is 3. The molecule has 3 N–H and O–H groups in total. The molecule has 2 aromatic rings. The van der Waals surface area contributed by atoms with Crippen LogP contribution in [0.15, 0.2) is 29.6 Å². The minimum absolute atomic E-state index is 0.140. The molecule has 0 unspecified atom stereocenters. The maximum absolute atomic E-state index is 13.0. The second-order valence-corrected chi connectivity index (χ2v) is 7.89. The Balaban J connectivity index is 1.73. The Morgan fingerprint density at radius 2 is 2.00 bits per heavy atom. The van der Waals surface area contributed by atoms with Gasteiger partial charge in [-0.15, -0.1) is 11.3 Å². The van der Waals surface area contributed by atoms with Gasteiger partial charge in [0.05, 0.1) is 12.1 Å². The summed E-state index contributed by atoms with van der Waals surface area (Å²) < 4.78 is 13.0. The SMILES string of the molecule is CCCC[C@H](CC)CNC(=S)NNC(=O)Cc1csc(-c2ccc(F)cc2)n1. The Labute approximate surface area is 175 Å². The van der Waals surface area contributed by atoms with Gasteiger partial charge >= 0.3 is 0 Å². The first-order valence-corrected chi connectivity index (χ1v) is 10.8. The minimum atomic E-state index is -0.286. The normalized spacial score (nSPS) is 11.7. The van der Waals surface area contributed by atoms with Crippen LogP contribution in [-0.2, 0) is 11.2 Å². The molecule has 28 heavy (non-hydrogen) atoms. The highest BCUT2D eigenvalue weighted by Crippen LogP contribution is 2.24. The Morgan fingerprint density at radius 3 is 2.68 bits per heavy atom.